The molecule has 0 unspecified atom stereocenters. The molecule has 0 fully saturated rings. The van der Waals surface area contributed by atoms with E-state index >= 15 is 0 Å². The van der Waals surface area contributed by atoms with Crippen molar-refractivity contribution in [2.45, 2.75) is 33.4 Å². The molecule has 3 nitrogen and oxygen atoms in total. The smallest absolute Gasteiger partial charge is 0.317 e. The molecule has 1 rings (SSSR count). The summed E-state index contributed by atoms with van der Waals surface area (Å²) < 4.78 is 0. The monoisotopic (exact) mass is 226 g/mol. The molecular formula is C11H18N2OS. The summed E-state index contributed by atoms with van der Waals surface area (Å²) in [4.78, 5) is 14.8. The standard InChI is InChI=1S/C11H18N2OS/c1-4-12-11(14)13(9(2)3)8-10-6-5-7-15-10/h5-7,9H,4,8H2,1-3H3,(H,12,14). The van der Waals surface area contributed by atoms with E-state index < -0.39 is 0 Å². The second-order valence-corrected chi connectivity index (χ2v) is 4.67. The summed E-state index contributed by atoms with van der Waals surface area (Å²) in [5.41, 5.74) is 0. The third-order valence-electron chi connectivity index (χ3n) is 2.12. The van der Waals surface area contributed by atoms with Crippen LogP contribution in [0.4, 0.5) is 4.79 Å². The fraction of sp³-hybridized carbons (Fsp3) is 0.545. The maximum absolute atomic E-state index is 11.7. The van der Waals surface area contributed by atoms with Gasteiger partial charge in [0, 0.05) is 17.5 Å². The average Bonchev–Trinajstić information content (AvgIpc) is 2.66. The molecule has 0 aliphatic heterocycles. The summed E-state index contributed by atoms with van der Waals surface area (Å²) in [5.74, 6) is 0. The first kappa shape index (κ1) is 12.0. The molecule has 0 aromatic carbocycles. The fourth-order valence-electron chi connectivity index (χ4n) is 1.31. The summed E-state index contributed by atoms with van der Waals surface area (Å²) in [5, 5.41) is 4.86. The van der Waals surface area contributed by atoms with Gasteiger partial charge in [-0.15, -0.1) is 11.3 Å². The minimum absolute atomic E-state index is 0.0147. The van der Waals surface area contributed by atoms with Crippen LogP contribution in [0.2, 0.25) is 0 Å². The highest BCUT2D eigenvalue weighted by atomic mass is 32.1. The van der Waals surface area contributed by atoms with Crippen LogP contribution in [0.25, 0.3) is 0 Å². The number of carbonyl (C=O) groups excluding carboxylic acids is 1. The summed E-state index contributed by atoms with van der Waals surface area (Å²) in [6.45, 7) is 7.36. The van der Waals surface area contributed by atoms with Crippen LogP contribution in [0.15, 0.2) is 17.5 Å². The van der Waals surface area contributed by atoms with Gasteiger partial charge in [0.05, 0.1) is 6.54 Å². The van der Waals surface area contributed by atoms with E-state index in [0.717, 1.165) is 0 Å². The van der Waals surface area contributed by atoms with Crippen molar-refractivity contribution >= 4 is 17.4 Å². The van der Waals surface area contributed by atoms with Gasteiger partial charge >= 0.3 is 6.03 Å². The molecule has 0 saturated carbocycles. The average molecular weight is 226 g/mol. The summed E-state index contributed by atoms with van der Waals surface area (Å²) in [6, 6.07) is 4.30. The van der Waals surface area contributed by atoms with Crippen molar-refractivity contribution in [3.8, 4) is 0 Å². The van der Waals surface area contributed by atoms with Gasteiger partial charge in [0.2, 0.25) is 0 Å². The normalized spacial score (nSPS) is 10.4. The van der Waals surface area contributed by atoms with Gasteiger partial charge in [-0.1, -0.05) is 6.07 Å². The van der Waals surface area contributed by atoms with Gasteiger partial charge in [0.25, 0.3) is 0 Å². The Balaban J connectivity index is 2.62. The van der Waals surface area contributed by atoms with Gasteiger partial charge in [0.15, 0.2) is 0 Å². The molecule has 0 saturated heterocycles. The molecule has 1 aromatic rings. The summed E-state index contributed by atoms with van der Waals surface area (Å²) >= 11 is 1.68. The first-order chi connectivity index (χ1) is 7.15. The molecule has 0 aliphatic rings. The van der Waals surface area contributed by atoms with Crippen molar-refractivity contribution in [2.75, 3.05) is 6.54 Å². The van der Waals surface area contributed by atoms with E-state index in [1.807, 2.05) is 37.1 Å². The second kappa shape index (κ2) is 5.75. The SMILES string of the molecule is CCNC(=O)N(Cc1cccs1)C(C)C. The molecule has 0 spiro atoms. The van der Waals surface area contributed by atoms with Crippen molar-refractivity contribution in [3.05, 3.63) is 22.4 Å². The van der Waals surface area contributed by atoms with Gasteiger partial charge in [0.1, 0.15) is 0 Å². The molecular weight excluding hydrogens is 208 g/mol. The van der Waals surface area contributed by atoms with Crippen LogP contribution in [0.3, 0.4) is 0 Å². The molecule has 1 heterocycles. The molecule has 0 aliphatic carbocycles. The van der Waals surface area contributed by atoms with Crippen LogP contribution >= 0.6 is 11.3 Å². The van der Waals surface area contributed by atoms with Gasteiger partial charge in [-0.3, -0.25) is 0 Å². The zero-order chi connectivity index (χ0) is 11.3. The number of thiophene rings is 1. The van der Waals surface area contributed by atoms with Crippen LogP contribution in [0.1, 0.15) is 25.6 Å². The Kier molecular flexibility index (Phi) is 4.62. The van der Waals surface area contributed by atoms with Gasteiger partial charge in [-0.2, -0.15) is 0 Å². The lowest BCUT2D eigenvalue weighted by Crippen LogP contribution is -2.43. The van der Waals surface area contributed by atoms with Crippen LogP contribution in [0.5, 0.6) is 0 Å². The zero-order valence-electron chi connectivity index (χ0n) is 9.49. The van der Waals surface area contributed by atoms with Crippen molar-refractivity contribution in [1.29, 1.82) is 0 Å². The zero-order valence-corrected chi connectivity index (χ0v) is 10.3. The first-order valence-electron chi connectivity index (χ1n) is 5.22. The number of carbonyl (C=O) groups is 1. The minimum atomic E-state index is 0.0147. The van der Waals surface area contributed by atoms with E-state index in [1.54, 1.807) is 11.3 Å². The van der Waals surface area contributed by atoms with E-state index in [4.69, 9.17) is 0 Å². The van der Waals surface area contributed by atoms with Crippen molar-refractivity contribution in [2.24, 2.45) is 0 Å². The Morgan fingerprint density at radius 1 is 1.60 bits per heavy atom. The number of nitrogens with one attached hydrogen (secondary N) is 1. The third kappa shape index (κ3) is 3.55. The lowest BCUT2D eigenvalue weighted by atomic mass is 10.3. The number of nitrogens with zero attached hydrogens (tertiary/aromatic N) is 1. The van der Waals surface area contributed by atoms with E-state index in [-0.39, 0.29) is 12.1 Å². The second-order valence-electron chi connectivity index (χ2n) is 3.64. The quantitative estimate of drug-likeness (QED) is 0.841. The van der Waals surface area contributed by atoms with Gasteiger partial charge in [-0.05, 0) is 32.2 Å². The Morgan fingerprint density at radius 3 is 2.80 bits per heavy atom. The summed E-state index contributed by atoms with van der Waals surface area (Å²) in [7, 11) is 0. The van der Waals surface area contributed by atoms with Gasteiger partial charge in [-0.25, -0.2) is 4.79 Å². The highest BCUT2D eigenvalue weighted by molar-refractivity contribution is 7.09. The number of urea groups is 1. The number of rotatable bonds is 4. The molecule has 1 aromatic heterocycles. The highest BCUT2D eigenvalue weighted by Gasteiger charge is 2.16. The molecule has 0 atom stereocenters. The predicted molar refractivity (Wildman–Crippen MR) is 64.1 cm³/mol. The van der Waals surface area contributed by atoms with Crippen molar-refractivity contribution in [1.82, 2.24) is 10.2 Å². The summed E-state index contributed by atoms with van der Waals surface area (Å²) in [6.07, 6.45) is 0. The minimum Gasteiger partial charge on any atom is -0.338 e. The van der Waals surface area contributed by atoms with Crippen LogP contribution < -0.4 is 5.32 Å². The van der Waals surface area contributed by atoms with Crippen molar-refractivity contribution in [3.63, 3.8) is 0 Å². The molecule has 1 N–H and O–H groups in total. The number of hydrogen-bond acceptors (Lipinski definition) is 2. The molecule has 2 amide bonds. The van der Waals surface area contributed by atoms with Crippen LogP contribution in [-0.4, -0.2) is 23.5 Å². The number of amides is 2. The van der Waals surface area contributed by atoms with E-state index in [2.05, 4.69) is 11.4 Å². The Morgan fingerprint density at radius 2 is 2.33 bits per heavy atom. The largest absolute Gasteiger partial charge is 0.338 e. The molecule has 4 heteroatoms. The first-order valence-corrected chi connectivity index (χ1v) is 6.10. The van der Waals surface area contributed by atoms with E-state index in [0.29, 0.717) is 13.1 Å². The van der Waals surface area contributed by atoms with E-state index in [9.17, 15) is 4.79 Å². The molecule has 0 bridgehead atoms. The Bertz CT molecular complexity index is 296. The molecule has 0 radical (unpaired) electrons. The van der Waals surface area contributed by atoms with Crippen LogP contribution in [-0.2, 0) is 6.54 Å². The predicted octanol–water partition coefficient (Wildman–Crippen LogP) is 2.69. The number of hydrogen-bond donors (Lipinski definition) is 1. The fourth-order valence-corrected chi connectivity index (χ4v) is 2.01. The van der Waals surface area contributed by atoms with Crippen molar-refractivity contribution < 1.29 is 4.79 Å². The third-order valence-corrected chi connectivity index (χ3v) is 2.98. The lowest BCUT2D eigenvalue weighted by Gasteiger charge is -2.26. The lowest BCUT2D eigenvalue weighted by molar-refractivity contribution is 0.181. The molecule has 84 valence electrons. The Hall–Kier alpha value is -1.03. The van der Waals surface area contributed by atoms with E-state index in [1.165, 1.54) is 4.88 Å². The molecule has 15 heavy (non-hydrogen) atoms. The van der Waals surface area contributed by atoms with Crippen LogP contribution in [0, 0.1) is 0 Å². The topological polar surface area (TPSA) is 32.3 Å². The van der Waals surface area contributed by atoms with Gasteiger partial charge < -0.3 is 10.2 Å². The maximum Gasteiger partial charge on any atom is 0.317 e. The Labute approximate surface area is 95.1 Å². The highest BCUT2D eigenvalue weighted by Crippen LogP contribution is 2.13. The maximum atomic E-state index is 11.7.